The van der Waals surface area contributed by atoms with Crippen LogP contribution in [0.3, 0.4) is 0 Å². The van der Waals surface area contributed by atoms with E-state index in [1.165, 1.54) is 4.57 Å². The van der Waals surface area contributed by atoms with Gasteiger partial charge >= 0.3 is 5.76 Å². The molecular weight excluding hydrogens is 276 g/mol. The maximum absolute atomic E-state index is 11.5. The summed E-state index contributed by atoms with van der Waals surface area (Å²) in [5, 5.41) is 0.620. The Hall–Kier alpha value is -2.04. The first-order valence-electron chi connectivity index (χ1n) is 6.17. The van der Waals surface area contributed by atoms with E-state index >= 15 is 0 Å². The first-order valence-corrected chi connectivity index (χ1v) is 6.55. The second-order valence-electron chi connectivity index (χ2n) is 4.65. The van der Waals surface area contributed by atoms with Gasteiger partial charge in [0, 0.05) is 12.1 Å². The van der Waals surface area contributed by atoms with E-state index in [0.717, 1.165) is 16.6 Å². The molecule has 4 nitrogen and oxygen atoms in total. The lowest BCUT2D eigenvalue weighted by molar-refractivity contribution is 0.527. The molecule has 0 saturated heterocycles. The van der Waals surface area contributed by atoms with Gasteiger partial charge < -0.3 is 10.2 Å². The van der Waals surface area contributed by atoms with Crippen LogP contribution in [0.5, 0.6) is 0 Å². The van der Waals surface area contributed by atoms with E-state index in [-0.39, 0.29) is 11.8 Å². The zero-order valence-corrected chi connectivity index (χ0v) is 11.6. The lowest BCUT2D eigenvalue weighted by Gasteiger charge is -2.14. The molecule has 0 aliphatic carbocycles. The van der Waals surface area contributed by atoms with Gasteiger partial charge in [0.2, 0.25) is 0 Å². The smallest absolute Gasteiger partial charge is 0.408 e. The number of benzene rings is 2. The van der Waals surface area contributed by atoms with Crippen LogP contribution in [0.1, 0.15) is 17.2 Å². The lowest BCUT2D eigenvalue weighted by atomic mass is 9.99. The molecule has 20 heavy (non-hydrogen) atoms. The summed E-state index contributed by atoms with van der Waals surface area (Å²) in [4.78, 5) is 11.5. The average molecular weight is 289 g/mol. The van der Waals surface area contributed by atoms with E-state index in [1.807, 2.05) is 30.3 Å². The molecule has 1 aromatic heterocycles. The molecule has 0 fully saturated rings. The van der Waals surface area contributed by atoms with Gasteiger partial charge in [-0.15, -0.1) is 0 Å². The van der Waals surface area contributed by atoms with Gasteiger partial charge in [0.25, 0.3) is 0 Å². The Labute approximate surface area is 120 Å². The van der Waals surface area contributed by atoms with Crippen molar-refractivity contribution in [3.05, 3.63) is 69.2 Å². The molecule has 102 valence electrons. The number of hydrogen-bond acceptors (Lipinski definition) is 3. The molecule has 1 unspecified atom stereocenters. The number of aryl methyl sites for hydroxylation is 1. The van der Waals surface area contributed by atoms with Gasteiger partial charge in [-0.3, -0.25) is 4.57 Å². The zero-order chi connectivity index (χ0) is 14.3. The van der Waals surface area contributed by atoms with Crippen molar-refractivity contribution in [3.63, 3.8) is 0 Å². The summed E-state index contributed by atoms with van der Waals surface area (Å²) in [5.41, 5.74) is 9.20. The number of hydrogen-bond donors (Lipinski definition) is 1. The monoisotopic (exact) mass is 288 g/mol. The molecule has 1 heterocycles. The minimum atomic E-state index is -0.386. The Balaban J connectivity index is 2.11. The van der Waals surface area contributed by atoms with E-state index in [4.69, 9.17) is 21.8 Å². The quantitative estimate of drug-likeness (QED) is 0.789. The van der Waals surface area contributed by atoms with Crippen LogP contribution in [0.25, 0.3) is 11.1 Å². The third-order valence-electron chi connectivity index (χ3n) is 3.42. The third kappa shape index (κ3) is 2.03. The summed E-state index contributed by atoms with van der Waals surface area (Å²) < 4.78 is 6.63. The fraction of sp³-hybridized carbons (Fsp3) is 0.133. The number of nitrogens with zero attached hydrogens (tertiary/aromatic N) is 1. The van der Waals surface area contributed by atoms with Gasteiger partial charge in [0.15, 0.2) is 5.58 Å². The number of aromatic nitrogens is 1. The molecule has 0 radical (unpaired) electrons. The molecule has 0 aliphatic heterocycles. The molecule has 0 aliphatic rings. The highest BCUT2D eigenvalue weighted by Crippen LogP contribution is 2.27. The van der Waals surface area contributed by atoms with Gasteiger partial charge in [-0.25, -0.2) is 4.79 Å². The predicted molar refractivity (Wildman–Crippen MR) is 78.9 cm³/mol. The van der Waals surface area contributed by atoms with Crippen molar-refractivity contribution in [2.45, 2.75) is 6.04 Å². The first kappa shape index (κ1) is 13.0. The SMILES string of the molecule is Cn1c(=O)oc2cc(C(N)c3ccccc3Cl)ccc21. The van der Waals surface area contributed by atoms with Crippen molar-refractivity contribution in [2.75, 3.05) is 0 Å². The van der Waals surface area contributed by atoms with E-state index in [1.54, 1.807) is 19.2 Å². The average Bonchev–Trinajstić information content (AvgIpc) is 2.73. The normalized spacial score (nSPS) is 12.8. The number of rotatable bonds is 2. The Morgan fingerprint density at radius 2 is 2.00 bits per heavy atom. The summed E-state index contributed by atoms with van der Waals surface area (Å²) in [6.07, 6.45) is 0. The fourth-order valence-corrected chi connectivity index (χ4v) is 2.50. The molecule has 0 spiro atoms. The molecule has 0 amide bonds. The Morgan fingerprint density at radius 3 is 2.75 bits per heavy atom. The minimum Gasteiger partial charge on any atom is -0.408 e. The third-order valence-corrected chi connectivity index (χ3v) is 3.76. The van der Waals surface area contributed by atoms with E-state index in [2.05, 4.69) is 0 Å². The van der Waals surface area contributed by atoms with Gasteiger partial charge in [0.1, 0.15) is 0 Å². The largest absolute Gasteiger partial charge is 0.419 e. The molecule has 5 heteroatoms. The van der Waals surface area contributed by atoms with Gasteiger partial charge in [0.05, 0.1) is 11.6 Å². The highest BCUT2D eigenvalue weighted by molar-refractivity contribution is 6.31. The molecule has 2 aromatic carbocycles. The van der Waals surface area contributed by atoms with Crippen molar-refractivity contribution < 1.29 is 4.42 Å². The highest BCUT2D eigenvalue weighted by atomic mass is 35.5. The Bertz CT molecular complexity index is 835. The van der Waals surface area contributed by atoms with Gasteiger partial charge in [-0.2, -0.15) is 0 Å². The molecule has 1 atom stereocenters. The predicted octanol–water partition coefficient (Wildman–Crippen LogP) is 2.83. The van der Waals surface area contributed by atoms with E-state index in [0.29, 0.717) is 10.6 Å². The second kappa shape index (κ2) is 4.81. The van der Waals surface area contributed by atoms with Crippen LogP contribution >= 0.6 is 11.6 Å². The molecule has 3 aromatic rings. The van der Waals surface area contributed by atoms with E-state index in [9.17, 15) is 4.79 Å². The number of halogens is 1. The van der Waals surface area contributed by atoms with Crippen molar-refractivity contribution in [3.8, 4) is 0 Å². The summed E-state index contributed by atoms with van der Waals surface area (Å²) in [5.74, 6) is -0.386. The maximum atomic E-state index is 11.5. The summed E-state index contributed by atoms with van der Waals surface area (Å²) >= 11 is 6.16. The molecule has 3 rings (SSSR count). The van der Waals surface area contributed by atoms with Crippen molar-refractivity contribution >= 4 is 22.7 Å². The summed E-state index contributed by atoms with van der Waals surface area (Å²) in [7, 11) is 1.67. The number of oxazole rings is 1. The molecule has 2 N–H and O–H groups in total. The van der Waals surface area contributed by atoms with E-state index < -0.39 is 0 Å². The Morgan fingerprint density at radius 1 is 1.25 bits per heavy atom. The molecular formula is C15H13ClN2O2. The summed E-state index contributed by atoms with van der Waals surface area (Å²) in [6.45, 7) is 0. The summed E-state index contributed by atoms with van der Waals surface area (Å²) in [6, 6.07) is 12.6. The van der Waals surface area contributed by atoms with Crippen molar-refractivity contribution in [1.29, 1.82) is 0 Å². The highest BCUT2D eigenvalue weighted by Gasteiger charge is 2.14. The molecule has 0 bridgehead atoms. The van der Waals surface area contributed by atoms with Gasteiger partial charge in [-0.1, -0.05) is 35.9 Å². The van der Waals surface area contributed by atoms with Crippen LogP contribution in [-0.4, -0.2) is 4.57 Å². The van der Waals surface area contributed by atoms with Crippen LogP contribution < -0.4 is 11.5 Å². The first-order chi connectivity index (χ1) is 9.58. The fourth-order valence-electron chi connectivity index (χ4n) is 2.25. The second-order valence-corrected chi connectivity index (χ2v) is 5.06. The van der Waals surface area contributed by atoms with Crippen LogP contribution in [0.15, 0.2) is 51.7 Å². The van der Waals surface area contributed by atoms with Crippen LogP contribution in [0.4, 0.5) is 0 Å². The topological polar surface area (TPSA) is 61.2 Å². The van der Waals surface area contributed by atoms with Gasteiger partial charge in [-0.05, 0) is 29.3 Å². The standard InChI is InChI=1S/C15H13ClN2O2/c1-18-12-7-6-9(8-13(12)20-15(18)19)14(17)10-4-2-3-5-11(10)16/h2-8,14H,17H2,1H3. The van der Waals surface area contributed by atoms with Crippen LogP contribution in [0.2, 0.25) is 5.02 Å². The number of fused-ring (bicyclic) bond motifs is 1. The Kier molecular flexibility index (Phi) is 3.12. The van der Waals surface area contributed by atoms with Crippen molar-refractivity contribution in [1.82, 2.24) is 4.57 Å². The van der Waals surface area contributed by atoms with Crippen molar-refractivity contribution in [2.24, 2.45) is 12.8 Å². The molecule has 0 saturated carbocycles. The lowest BCUT2D eigenvalue weighted by Crippen LogP contribution is -2.12. The number of nitrogens with two attached hydrogens (primary N) is 1. The zero-order valence-electron chi connectivity index (χ0n) is 10.8. The van der Waals surface area contributed by atoms with Crippen LogP contribution in [-0.2, 0) is 7.05 Å². The van der Waals surface area contributed by atoms with Crippen LogP contribution in [0, 0.1) is 0 Å². The minimum absolute atomic E-state index is 0.362. The maximum Gasteiger partial charge on any atom is 0.419 e.